The van der Waals surface area contributed by atoms with E-state index >= 15 is 0 Å². The summed E-state index contributed by atoms with van der Waals surface area (Å²) in [7, 11) is 1.57. The summed E-state index contributed by atoms with van der Waals surface area (Å²) in [5, 5.41) is 0. The minimum atomic E-state index is -0.286. The molecule has 0 radical (unpaired) electrons. The molecule has 1 saturated carbocycles. The van der Waals surface area contributed by atoms with Crippen LogP contribution >= 0.6 is 0 Å². The van der Waals surface area contributed by atoms with Gasteiger partial charge in [0, 0.05) is 24.4 Å². The highest BCUT2D eigenvalue weighted by molar-refractivity contribution is 6.03. The van der Waals surface area contributed by atoms with Crippen LogP contribution in [0.15, 0.2) is 23.3 Å². The first-order valence-electron chi connectivity index (χ1n) is 6.33. The first-order chi connectivity index (χ1) is 9.19. The molecule has 1 aromatic rings. The van der Waals surface area contributed by atoms with Crippen LogP contribution in [0.25, 0.3) is 0 Å². The number of ether oxygens (including phenoxy) is 1. The number of aliphatic imine (C=N–C) groups is 1. The Bertz CT molecular complexity index is 522. The Morgan fingerprint density at radius 2 is 2.26 bits per heavy atom. The number of nitrogens with two attached hydrogens (primary N) is 1. The highest BCUT2D eigenvalue weighted by atomic mass is 16.5. The third-order valence-corrected chi connectivity index (χ3v) is 3.50. The van der Waals surface area contributed by atoms with Gasteiger partial charge in [0.15, 0.2) is 0 Å². The molecule has 0 saturated heterocycles. The molecule has 2 amide bonds. The van der Waals surface area contributed by atoms with E-state index in [9.17, 15) is 4.79 Å². The van der Waals surface area contributed by atoms with E-state index in [4.69, 9.17) is 10.5 Å². The van der Waals surface area contributed by atoms with E-state index in [2.05, 4.69) is 9.98 Å². The molecular weight excluding hydrogens is 244 g/mol. The summed E-state index contributed by atoms with van der Waals surface area (Å²) in [6.07, 6.45) is 4.04. The molecule has 1 aromatic heterocycles. The fourth-order valence-electron chi connectivity index (χ4n) is 2.29. The van der Waals surface area contributed by atoms with E-state index in [0.717, 1.165) is 12.1 Å². The number of nitrogens with zero attached hydrogens (tertiary/aromatic N) is 3. The van der Waals surface area contributed by atoms with Crippen LogP contribution in [-0.2, 0) is 0 Å². The normalized spacial score (nSPS) is 22.6. The van der Waals surface area contributed by atoms with E-state index in [1.165, 1.54) is 12.8 Å². The Morgan fingerprint density at radius 1 is 1.47 bits per heavy atom. The highest BCUT2D eigenvalue weighted by Crippen LogP contribution is 2.35. The van der Waals surface area contributed by atoms with Crippen LogP contribution in [0.4, 0.5) is 4.79 Å². The topological polar surface area (TPSA) is 80.8 Å². The van der Waals surface area contributed by atoms with Gasteiger partial charge < -0.3 is 15.4 Å². The number of amidine groups is 1. The van der Waals surface area contributed by atoms with E-state index < -0.39 is 0 Å². The van der Waals surface area contributed by atoms with Crippen LogP contribution < -0.4 is 10.5 Å². The number of hydrogen-bond donors (Lipinski definition) is 1. The van der Waals surface area contributed by atoms with Gasteiger partial charge in [-0.15, -0.1) is 0 Å². The van der Waals surface area contributed by atoms with Crippen molar-refractivity contribution in [2.24, 2.45) is 16.6 Å². The number of carbonyl (C=O) groups is 1. The van der Waals surface area contributed by atoms with Crippen LogP contribution in [0.1, 0.15) is 24.4 Å². The summed E-state index contributed by atoms with van der Waals surface area (Å²) in [4.78, 5) is 21.6. The number of amides is 2. The molecule has 0 spiro atoms. The van der Waals surface area contributed by atoms with Crippen molar-refractivity contribution in [3.8, 4) is 5.88 Å². The molecule has 1 atom stereocenters. The van der Waals surface area contributed by atoms with Crippen molar-refractivity contribution in [3.63, 3.8) is 0 Å². The molecule has 1 aliphatic carbocycles. The Morgan fingerprint density at radius 3 is 2.84 bits per heavy atom. The molecule has 0 aromatic carbocycles. The van der Waals surface area contributed by atoms with Gasteiger partial charge >= 0.3 is 6.03 Å². The third kappa shape index (κ3) is 2.25. The van der Waals surface area contributed by atoms with Crippen LogP contribution in [0, 0.1) is 5.92 Å². The van der Waals surface area contributed by atoms with Crippen molar-refractivity contribution in [1.82, 2.24) is 9.88 Å². The van der Waals surface area contributed by atoms with Crippen molar-refractivity contribution in [2.45, 2.75) is 18.9 Å². The minimum Gasteiger partial charge on any atom is -0.481 e. The standard InChI is InChI=1S/C13H16N4O2/c1-19-10-5-4-9(6-15-10)11-12(14)16-13(18)17(11)7-8-2-3-8/h4-6,8,11H,2-3,7H2,1H3,(H2,14,16,18). The number of rotatable bonds is 4. The predicted molar refractivity (Wildman–Crippen MR) is 70.0 cm³/mol. The maximum absolute atomic E-state index is 11.9. The highest BCUT2D eigenvalue weighted by Gasteiger charge is 2.38. The maximum Gasteiger partial charge on any atom is 0.346 e. The minimum absolute atomic E-state index is 0.245. The smallest absolute Gasteiger partial charge is 0.346 e. The van der Waals surface area contributed by atoms with E-state index in [-0.39, 0.29) is 12.1 Å². The Labute approximate surface area is 111 Å². The maximum atomic E-state index is 11.9. The summed E-state index contributed by atoms with van der Waals surface area (Å²) >= 11 is 0. The fourth-order valence-corrected chi connectivity index (χ4v) is 2.29. The molecule has 1 unspecified atom stereocenters. The molecule has 2 N–H and O–H groups in total. The molecule has 19 heavy (non-hydrogen) atoms. The van der Waals surface area contributed by atoms with Gasteiger partial charge in [0.2, 0.25) is 5.88 Å². The fraction of sp³-hybridized carbons (Fsp3) is 0.462. The number of carbonyl (C=O) groups excluding carboxylic acids is 1. The molecule has 6 heteroatoms. The van der Waals surface area contributed by atoms with E-state index in [0.29, 0.717) is 17.6 Å². The lowest BCUT2D eigenvalue weighted by Gasteiger charge is -2.24. The second-order valence-corrected chi connectivity index (χ2v) is 4.95. The second kappa shape index (κ2) is 4.53. The lowest BCUT2D eigenvalue weighted by atomic mass is 10.1. The quantitative estimate of drug-likeness (QED) is 0.885. The zero-order valence-electron chi connectivity index (χ0n) is 10.7. The van der Waals surface area contributed by atoms with Crippen LogP contribution in [0.2, 0.25) is 0 Å². The van der Waals surface area contributed by atoms with Gasteiger partial charge in [-0.1, -0.05) is 0 Å². The van der Waals surface area contributed by atoms with Gasteiger partial charge in [0.25, 0.3) is 0 Å². The van der Waals surface area contributed by atoms with Crippen molar-refractivity contribution in [3.05, 3.63) is 23.9 Å². The largest absolute Gasteiger partial charge is 0.481 e. The third-order valence-electron chi connectivity index (χ3n) is 3.50. The summed E-state index contributed by atoms with van der Waals surface area (Å²) < 4.78 is 5.03. The summed E-state index contributed by atoms with van der Waals surface area (Å²) in [5.74, 6) is 1.48. The van der Waals surface area contributed by atoms with Gasteiger partial charge in [-0.2, -0.15) is 4.99 Å². The molecule has 2 aliphatic rings. The van der Waals surface area contributed by atoms with Crippen LogP contribution in [0.3, 0.4) is 0 Å². The molecule has 2 heterocycles. The van der Waals surface area contributed by atoms with Gasteiger partial charge in [-0.05, 0) is 24.8 Å². The Kier molecular flexibility index (Phi) is 2.85. The molecule has 100 valence electrons. The number of hydrogen-bond acceptors (Lipinski definition) is 4. The predicted octanol–water partition coefficient (Wildman–Crippen LogP) is 1.33. The number of pyridine rings is 1. The molecular formula is C13H16N4O2. The van der Waals surface area contributed by atoms with Crippen molar-refractivity contribution < 1.29 is 9.53 Å². The molecule has 3 rings (SSSR count). The first kappa shape index (κ1) is 12.0. The summed E-state index contributed by atoms with van der Waals surface area (Å²) in [6.45, 7) is 0.722. The number of methoxy groups -OCH3 is 1. The second-order valence-electron chi connectivity index (χ2n) is 4.95. The summed E-state index contributed by atoms with van der Waals surface area (Å²) in [6, 6.07) is 3.11. The van der Waals surface area contributed by atoms with Crippen molar-refractivity contribution in [2.75, 3.05) is 13.7 Å². The van der Waals surface area contributed by atoms with Crippen molar-refractivity contribution >= 4 is 11.9 Å². The van der Waals surface area contributed by atoms with E-state index in [1.54, 1.807) is 24.3 Å². The molecule has 6 nitrogen and oxygen atoms in total. The van der Waals surface area contributed by atoms with Gasteiger partial charge in [-0.25, -0.2) is 9.78 Å². The molecule has 1 fully saturated rings. The van der Waals surface area contributed by atoms with Crippen LogP contribution in [-0.4, -0.2) is 35.4 Å². The van der Waals surface area contributed by atoms with Gasteiger partial charge in [0.05, 0.1) is 7.11 Å². The zero-order valence-corrected chi connectivity index (χ0v) is 10.7. The first-order valence-corrected chi connectivity index (χ1v) is 6.33. The zero-order chi connectivity index (χ0) is 13.4. The number of aromatic nitrogens is 1. The monoisotopic (exact) mass is 260 g/mol. The van der Waals surface area contributed by atoms with Gasteiger partial charge in [0.1, 0.15) is 11.9 Å². The molecule has 0 bridgehead atoms. The summed E-state index contributed by atoms with van der Waals surface area (Å²) in [5.41, 5.74) is 6.76. The number of urea groups is 1. The van der Waals surface area contributed by atoms with E-state index in [1.807, 2.05) is 6.07 Å². The average molecular weight is 260 g/mol. The lowest BCUT2D eigenvalue weighted by Crippen LogP contribution is -2.34. The SMILES string of the molecule is COc1ccc(C2C(N)=NC(=O)N2CC2CC2)cn1. The Balaban J connectivity index is 1.86. The van der Waals surface area contributed by atoms with Crippen molar-refractivity contribution in [1.29, 1.82) is 0 Å². The molecule has 1 aliphatic heterocycles. The Hall–Kier alpha value is -2.11. The lowest BCUT2D eigenvalue weighted by molar-refractivity contribution is 0.203. The van der Waals surface area contributed by atoms with Gasteiger partial charge in [-0.3, -0.25) is 0 Å². The average Bonchev–Trinajstić information content (AvgIpc) is 3.17. The van der Waals surface area contributed by atoms with Crippen LogP contribution in [0.5, 0.6) is 5.88 Å².